The van der Waals surface area contributed by atoms with Crippen molar-refractivity contribution in [1.29, 1.82) is 5.26 Å². The number of carbonyl (C=O) groups is 1. The van der Waals surface area contributed by atoms with Crippen LogP contribution in [0.15, 0.2) is 60.3 Å². The standard InChI is InChI=1S/C24H29N3O/c1-17(2)22-13-9-10-19(5)23(22)26-24(28)21(14-25)16-27(18(3)4)15-20-11-7-6-8-12-20/h6-13,16-18H,15H2,1-5H3,(H,26,28)/b21-16-. The van der Waals surface area contributed by atoms with Crippen molar-refractivity contribution < 1.29 is 4.79 Å². The van der Waals surface area contributed by atoms with Crippen LogP contribution in [0.3, 0.4) is 0 Å². The van der Waals surface area contributed by atoms with E-state index >= 15 is 0 Å². The Hall–Kier alpha value is -3.06. The van der Waals surface area contributed by atoms with Crippen molar-refractivity contribution >= 4 is 11.6 Å². The number of nitrogens with zero attached hydrogens (tertiary/aromatic N) is 2. The van der Waals surface area contributed by atoms with Gasteiger partial charge < -0.3 is 10.2 Å². The van der Waals surface area contributed by atoms with E-state index in [0.29, 0.717) is 6.54 Å². The van der Waals surface area contributed by atoms with Gasteiger partial charge in [-0.3, -0.25) is 4.79 Å². The molecule has 0 unspecified atom stereocenters. The molecule has 0 fully saturated rings. The largest absolute Gasteiger partial charge is 0.369 e. The zero-order valence-electron chi connectivity index (χ0n) is 17.4. The summed E-state index contributed by atoms with van der Waals surface area (Å²) in [6, 6.07) is 18.2. The van der Waals surface area contributed by atoms with Gasteiger partial charge in [0.25, 0.3) is 5.91 Å². The van der Waals surface area contributed by atoms with Gasteiger partial charge in [0.15, 0.2) is 0 Å². The van der Waals surface area contributed by atoms with Crippen LogP contribution in [0, 0.1) is 18.3 Å². The number of carbonyl (C=O) groups excluding carboxylic acids is 1. The molecule has 0 aromatic heterocycles. The topological polar surface area (TPSA) is 56.1 Å². The van der Waals surface area contributed by atoms with Crippen LogP contribution in [-0.4, -0.2) is 16.8 Å². The number of amides is 1. The lowest BCUT2D eigenvalue weighted by Gasteiger charge is -2.25. The third kappa shape index (κ3) is 5.47. The zero-order valence-corrected chi connectivity index (χ0v) is 17.4. The lowest BCUT2D eigenvalue weighted by molar-refractivity contribution is -0.112. The van der Waals surface area contributed by atoms with E-state index in [4.69, 9.17) is 0 Å². The Labute approximate surface area is 168 Å². The van der Waals surface area contributed by atoms with Gasteiger partial charge in [0.2, 0.25) is 0 Å². The van der Waals surface area contributed by atoms with Crippen molar-refractivity contribution in [2.45, 2.75) is 53.1 Å². The lowest BCUT2D eigenvalue weighted by Crippen LogP contribution is -2.27. The molecule has 2 aromatic carbocycles. The Morgan fingerprint density at radius 1 is 1.11 bits per heavy atom. The molecule has 2 aromatic rings. The Bertz CT molecular complexity index is 876. The minimum atomic E-state index is -0.377. The van der Waals surface area contributed by atoms with Gasteiger partial charge in [0.05, 0.1) is 0 Å². The van der Waals surface area contributed by atoms with Crippen molar-refractivity contribution in [3.63, 3.8) is 0 Å². The van der Waals surface area contributed by atoms with Crippen molar-refractivity contribution in [2.75, 3.05) is 5.32 Å². The highest BCUT2D eigenvalue weighted by molar-refractivity contribution is 6.07. The molecule has 0 heterocycles. The van der Waals surface area contributed by atoms with Gasteiger partial charge in [0.1, 0.15) is 11.6 Å². The SMILES string of the molecule is Cc1cccc(C(C)C)c1NC(=O)/C(C#N)=C\N(Cc1ccccc1)C(C)C. The van der Waals surface area contributed by atoms with E-state index in [9.17, 15) is 10.1 Å². The smallest absolute Gasteiger partial charge is 0.267 e. The fourth-order valence-corrected chi connectivity index (χ4v) is 3.00. The van der Waals surface area contributed by atoms with Crippen LogP contribution >= 0.6 is 0 Å². The van der Waals surface area contributed by atoms with Crippen molar-refractivity contribution in [1.82, 2.24) is 4.90 Å². The monoisotopic (exact) mass is 375 g/mol. The van der Waals surface area contributed by atoms with Gasteiger partial charge in [-0.2, -0.15) is 5.26 Å². The van der Waals surface area contributed by atoms with Crippen LogP contribution < -0.4 is 5.32 Å². The maximum atomic E-state index is 12.9. The first kappa shape index (κ1) is 21.2. The number of anilines is 1. The summed E-state index contributed by atoms with van der Waals surface area (Å²) < 4.78 is 0. The van der Waals surface area contributed by atoms with Gasteiger partial charge in [-0.15, -0.1) is 0 Å². The summed E-state index contributed by atoms with van der Waals surface area (Å²) >= 11 is 0. The Balaban J connectivity index is 2.28. The molecule has 0 aliphatic rings. The van der Waals surface area contributed by atoms with Crippen LogP contribution in [0.2, 0.25) is 0 Å². The average molecular weight is 376 g/mol. The molecule has 28 heavy (non-hydrogen) atoms. The molecule has 4 heteroatoms. The molecule has 0 saturated carbocycles. The van der Waals surface area contributed by atoms with Crippen molar-refractivity contribution in [3.05, 3.63) is 77.0 Å². The van der Waals surface area contributed by atoms with Crippen LogP contribution in [0.5, 0.6) is 0 Å². The van der Waals surface area contributed by atoms with E-state index in [1.807, 2.05) is 74.2 Å². The third-order valence-electron chi connectivity index (χ3n) is 4.70. The second kappa shape index (κ2) is 9.75. The molecule has 0 spiro atoms. The maximum absolute atomic E-state index is 12.9. The Morgan fingerprint density at radius 3 is 2.36 bits per heavy atom. The van der Waals surface area contributed by atoms with Crippen molar-refractivity contribution in [3.8, 4) is 6.07 Å². The minimum absolute atomic E-state index is 0.0996. The minimum Gasteiger partial charge on any atom is -0.369 e. The summed E-state index contributed by atoms with van der Waals surface area (Å²) in [6.07, 6.45) is 1.67. The molecule has 2 rings (SSSR count). The first-order valence-electron chi connectivity index (χ1n) is 9.66. The lowest BCUT2D eigenvalue weighted by atomic mass is 9.98. The van der Waals surface area contributed by atoms with E-state index in [-0.39, 0.29) is 23.4 Å². The molecular weight excluding hydrogens is 346 g/mol. The molecule has 0 aliphatic carbocycles. The number of nitrogens with one attached hydrogen (secondary N) is 1. The Kier molecular flexibility index (Phi) is 7.40. The quantitative estimate of drug-likeness (QED) is 0.522. The molecule has 1 N–H and O–H groups in total. The molecule has 0 aliphatic heterocycles. The highest BCUT2D eigenvalue weighted by atomic mass is 16.1. The molecule has 146 valence electrons. The zero-order chi connectivity index (χ0) is 20.7. The first-order chi connectivity index (χ1) is 13.3. The maximum Gasteiger partial charge on any atom is 0.267 e. The van der Waals surface area contributed by atoms with E-state index in [2.05, 4.69) is 25.2 Å². The van der Waals surface area contributed by atoms with E-state index in [1.165, 1.54) is 0 Å². The van der Waals surface area contributed by atoms with Gasteiger partial charge in [-0.05, 0) is 43.4 Å². The predicted molar refractivity (Wildman–Crippen MR) is 115 cm³/mol. The van der Waals surface area contributed by atoms with Crippen LogP contribution in [0.25, 0.3) is 0 Å². The Morgan fingerprint density at radius 2 is 1.79 bits per heavy atom. The summed E-state index contributed by atoms with van der Waals surface area (Å²) in [4.78, 5) is 14.9. The van der Waals surface area contributed by atoms with Gasteiger partial charge in [-0.25, -0.2) is 0 Å². The highest BCUT2D eigenvalue weighted by Gasteiger charge is 2.17. The number of hydrogen-bond acceptors (Lipinski definition) is 3. The average Bonchev–Trinajstić information content (AvgIpc) is 2.66. The number of benzene rings is 2. The van der Waals surface area contributed by atoms with Gasteiger partial charge in [0, 0.05) is 24.5 Å². The number of aryl methyl sites for hydroxylation is 1. The number of nitriles is 1. The summed E-state index contributed by atoms with van der Waals surface area (Å²) in [6.45, 7) is 10.9. The van der Waals surface area contributed by atoms with Crippen molar-refractivity contribution in [2.24, 2.45) is 0 Å². The number of rotatable bonds is 7. The molecular formula is C24H29N3O. The van der Waals surface area contributed by atoms with Crippen LogP contribution in [-0.2, 0) is 11.3 Å². The highest BCUT2D eigenvalue weighted by Crippen LogP contribution is 2.27. The molecule has 0 saturated heterocycles. The number of hydrogen-bond donors (Lipinski definition) is 1. The third-order valence-corrected chi connectivity index (χ3v) is 4.70. The molecule has 0 radical (unpaired) electrons. The normalized spacial score (nSPS) is 11.4. The molecule has 1 amide bonds. The fraction of sp³-hybridized carbons (Fsp3) is 0.333. The second-order valence-corrected chi connectivity index (χ2v) is 7.55. The van der Waals surface area contributed by atoms with Crippen LogP contribution in [0.4, 0.5) is 5.69 Å². The first-order valence-corrected chi connectivity index (χ1v) is 9.66. The van der Waals surface area contributed by atoms with E-state index < -0.39 is 0 Å². The molecule has 0 bridgehead atoms. The summed E-state index contributed by atoms with van der Waals surface area (Å²) in [5, 5.41) is 12.6. The van der Waals surface area contributed by atoms with Gasteiger partial charge in [-0.1, -0.05) is 62.4 Å². The molecule has 0 atom stereocenters. The predicted octanol–water partition coefficient (Wildman–Crippen LogP) is 5.38. The summed E-state index contributed by atoms with van der Waals surface area (Å²) in [7, 11) is 0. The summed E-state index contributed by atoms with van der Waals surface area (Å²) in [5.41, 5.74) is 4.08. The number of para-hydroxylation sites is 1. The van der Waals surface area contributed by atoms with Crippen LogP contribution in [0.1, 0.15) is 50.3 Å². The van der Waals surface area contributed by atoms with Gasteiger partial charge >= 0.3 is 0 Å². The van der Waals surface area contributed by atoms with E-state index in [1.54, 1.807) is 6.20 Å². The fourth-order valence-electron chi connectivity index (χ4n) is 3.00. The summed E-state index contributed by atoms with van der Waals surface area (Å²) in [5.74, 6) is -0.104. The second-order valence-electron chi connectivity index (χ2n) is 7.55. The van der Waals surface area contributed by atoms with E-state index in [0.717, 1.165) is 22.4 Å². The molecule has 4 nitrogen and oxygen atoms in total.